The van der Waals surface area contributed by atoms with Gasteiger partial charge in [-0.05, 0) is 81.2 Å². The van der Waals surface area contributed by atoms with Crippen molar-refractivity contribution in [1.29, 1.82) is 0 Å². The molecule has 3 aliphatic heterocycles. The summed E-state index contributed by atoms with van der Waals surface area (Å²) in [5, 5.41) is 12.2. The average molecular weight is 779 g/mol. The van der Waals surface area contributed by atoms with E-state index < -0.39 is 10.1 Å². The molecule has 0 bridgehead atoms. The van der Waals surface area contributed by atoms with Crippen molar-refractivity contribution >= 4 is 45.3 Å². The second-order valence-corrected chi connectivity index (χ2v) is 17.6. The highest BCUT2D eigenvalue weighted by molar-refractivity contribution is 7.94. The molecule has 2 aromatic rings. The molecule has 1 aliphatic carbocycles. The normalized spacial score (nSPS) is 20.9. The van der Waals surface area contributed by atoms with Gasteiger partial charge in [0.05, 0.1) is 23.5 Å². The number of cyclic esters (lactones) is 1. The Kier molecular flexibility index (Phi) is 12.6. The number of carbonyl (C=O) groups is 1. The predicted molar refractivity (Wildman–Crippen MR) is 212 cm³/mol. The van der Waals surface area contributed by atoms with E-state index in [1.807, 2.05) is 12.1 Å². The first-order chi connectivity index (χ1) is 25.8. The van der Waals surface area contributed by atoms with E-state index in [1.54, 1.807) is 4.90 Å². The van der Waals surface area contributed by atoms with Gasteiger partial charge in [0.1, 0.15) is 6.54 Å². The second kappa shape index (κ2) is 17.0. The lowest BCUT2D eigenvalue weighted by Gasteiger charge is -2.29. The van der Waals surface area contributed by atoms with Crippen LogP contribution in [0.2, 0.25) is 0 Å². The van der Waals surface area contributed by atoms with E-state index in [0.717, 1.165) is 78.9 Å². The summed E-state index contributed by atoms with van der Waals surface area (Å²) in [6, 6.07) is 16.8. The average Bonchev–Trinajstić information content (AvgIpc) is 3.71. The Morgan fingerprint density at radius 1 is 0.944 bits per heavy atom. The summed E-state index contributed by atoms with van der Waals surface area (Å²) in [4.78, 5) is 17.4. The van der Waals surface area contributed by atoms with Crippen LogP contribution in [0, 0.1) is 0 Å². The largest absolute Gasteiger partial charge is 0.449 e. The molecule has 2 aromatic carbocycles. The number of allylic oxidation sites excluding steroid dienone is 7. The maximum atomic E-state index is 13.3. The van der Waals surface area contributed by atoms with Crippen LogP contribution < -0.4 is 4.90 Å². The van der Waals surface area contributed by atoms with Crippen molar-refractivity contribution in [2.24, 2.45) is 0 Å². The Hall–Kier alpha value is -3.72. The van der Waals surface area contributed by atoms with Crippen molar-refractivity contribution in [3.05, 3.63) is 107 Å². The van der Waals surface area contributed by atoms with Crippen molar-refractivity contribution in [1.82, 2.24) is 4.90 Å². The van der Waals surface area contributed by atoms with E-state index in [0.29, 0.717) is 38.3 Å². The number of amides is 1. The maximum absolute atomic E-state index is 13.3. The van der Waals surface area contributed by atoms with Gasteiger partial charge in [-0.3, -0.25) is 9.45 Å². The molecule has 13 heteroatoms. The number of hydrogen-bond donors (Lipinski definition) is 2. The summed E-state index contributed by atoms with van der Waals surface area (Å²) in [5.41, 5.74) is 9.56. The van der Waals surface area contributed by atoms with Crippen molar-refractivity contribution < 1.29 is 41.7 Å². The number of ether oxygens (including phenoxy) is 1. The number of benzene rings is 2. The lowest BCUT2D eigenvalue weighted by atomic mass is 9.81. The number of anilines is 1. The minimum Gasteiger partial charge on any atom is -0.449 e. The number of nitrogens with zero attached hydrogens (tertiary/aromatic N) is 3. The Bertz CT molecular complexity index is 2000. The number of unbranched alkanes of at least 4 members (excludes halogenated alkanes) is 2. The number of hydrogen-bond acceptors (Lipinski definition) is 9. The lowest BCUT2D eigenvalue weighted by Crippen LogP contribution is -2.37. The minimum absolute atomic E-state index is 0.240. The fourth-order valence-electron chi connectivity index (χ4n) is 8.30. The van der Waals surface area contributed by atoms with Gasteiger partial charge >= 0.3 is 6.09 Å². The third kappa shape index (κ3) is 8.56. The van der Waals surface area contributed by atoms with Crippen LogP contribution in [-0.4, -0.2) is 77.3 Å². The van der Waals surface area contributed by atoms with E-state index in [-0.39, 0.29) is 22.7 Å². The topological polar surface area (TPSA) is 129 Å². The molecular weight excluding hydrogens is 727 g/mol. The van der Waals surface area contributed by atoms with E-state index >= 15 is 0 Å². The first kappa shape index (κ1) is 40.0. The maximum Gasteiger partial charge on any atom is 0.414 e. The van der Waals surface area contributed by atoms with Crippen molar-refractivity contribution in [3.63, 3.8) is 0 Å². The molecule has 0 spiro atoms. The van der Waals surface area contributed by atoms with Crippen LogP contribution in [0.3, 0.4) is 0 Å². The molecular formula is C41H52N3O8S2+. The summed E-state index contributed by atoms with van der Waals surface area (Å²) < 4.78 is 44.7. The number of fused-ring (bicyclic) bond motifs is 2. The van der Waals surface area contributed by atoms with Gasteiger partial charge in [-0.15, -0.1) is 4.33 Å². The fraction of sp³-hybridized carbons (Fsp3) is 0.463. The molecule has 1 fully saturated rings. The SMILES string of the molecule is CC1(C)C(/C=C/C2=C(N3CCCOC3=O)C(=C/C=C3/N(CCCCS(=O)(=O)O)c4ccccc4C3(C)C)/CC2)=[N+](CCCCSOOO)c2ccccc21. The van der Waals surface area contributed by atoms with Crippen LogP contribution in [0.25, 0.3) is 0 Å². The van der Waals surface area contributed by atoms with Crippen LogP contribution in [0.15, 0.2) is 95.4 Å². The smallest absolute Gasteiger partial charge is 0.414 e. The minimum atomic E-state index is -4.02. The molecule has 1 saturated heterocycles. The van der Waals surface area contributed by atoms with E-state index in [2.05, 4.69) is 107 Å². The monoisotopic (exact) mass is 778 g/mol. The van der Waals surface area contributed by atoms with E-state index in [4.69, 9.17) is 9.99 Å². The van der Waals surface area contributed by atoms with Crippen LogP contribution >= 0.6 is 12.0 Å². The van der Waals surface area contributed by atoms with Gasteiger partial charge in [-0.25, -0.2) is 10.1 Å². The Balaban J connectivity index is 1.35. The summed E-state index contributed by atoms with van der Waals surface area (Å²) in [7, 11) is -4.02. The van der Waals surface area contributed by atoms with Gasteiger partial charge in [-0.2, -0.15) is 13.0 Å². The molecule has 54 heavy (non-hydrogen) atoms. The first-order valence-electron chi connectivity index (χ1n) is 18.8. The summed E-state index contributed by atoms with van der Waals surface area (Å²) in [6.45, 7) is 11.3. The summed E-state index contributed by atoms with van der Waals surface area (Å²) in [6.07, 6.45) is 13.5. The Morgan fingerprint density at radius 2 is 1.70 bits per heavy atom. The molecule has 1 amide bonds. The van der Waals surface area contributed by atoms with E-state index in [1.165, 1.54) is 22.5 Å². The predicted octanol–water partition coefficient (Wildman–Crippen LogP) is 8.63. The van der Waals surface area contributed by atoms with Gasteiger partial charge < -0.3 is 9.64 Å². The zero-order valence-electron chi connectivity index (χ0n) is 31.6. The zero-order valence-corrected chi connectivity index (χ0v) is 33.3. The molecule has 2 N–H and O–H groups in total. The lowest BCUT2D eigenvalue weighted by molar-refractivity contribution is -0.438. The highest BCUT2D eigenvalue weighted by Crippen LogP contribution is 2.48. The van der Waals surface area contributed by atoms with Crippen molar-refractivity contribution in [2.75, 3.05) is 42.6 Å². The highest BCUT2D eigenvalue weighted by Gasteiger charge is 2.44. The van der Waals surface area contributed by atoms with Gasteiger partial charge in [0.2, 0.25) is 5.69 Å². The van der Waals surface area contributed by atoms with Crippen molar-refractivity contribution in [3.8, 4) is 0 Å². The van der Waals surface area contributed by atoms with Crippen LogP contribution in [0.4, 0.5) is 16.2 Å². The second-order valence-electron chi connectivity index (χ2n) is 15.2. The fourth-order valence-corrected chi connectivity index (χ4v) is 9.30. The molecule has 0 saturated carbocycles. The van der Waals surface area contributed by atoms with Crippen LogP contribution in [0.5, 0.6) is 0 Å². The van der Waals surface area contributed by atoms with Crippen LogP contribution in [-0.2, 0) is 35.1 Å². The van der Waals surface area contributed by atoms with Gasteiger partial charge in [0, 0.05) is 71.8 Å². The van der Waals surface area contributed by atoms with Gasteiger partial charge in [-0.1, -0.05) is 67.4 Å². The standard InChI is InChI=1S/C41H51N3O8S2/c1-40(2)32-14-5-7-16-34(32)42(24-9-11-28-53-52-51-46)36(40)22-20-30-18-19-31(38(30)44-26-13-27-50-39(44)45)21-23-37-41(3,4)33-15-6-8-17-35(33)43(37)25-10-12-29-54(47,48)49/h5-8,14-17,20-23H,9-13,18-19,24-29H2,1-4H3,(H-,46,47,48,49)/p+1. The number of carbonyl (C=O) groups excluding carboxylic acids is 1. The van der Waals surface area contributed by atoms with Gasteiger partial charge in [0.15, 0.2) is 5.71 Å². The molecule has 0 aromatic heterocycles. The summed E-state index contributed by atoms with van der Waals surface area (Å²) >= 11 is 1.08. The quantitative estimate of drug-likeness (QED) is 0.0427. The molecule has 6 rings (SSSR count). The highest BCUT2D eigenvalue weighted by atomic mass is 32.2. The number of rotatable bonds is 16. The third-order valence-electron chi connectivity index (χ3n) is 11.0. The molecule has 0 radical (unpaired) electrons. The molecule has 0 unspecified atom stereocenters. The third-order valence-corrected chi connectivity index (χ3v) is 12.4. The Labute approximate surface area is 323 Å². The molecule has 3 heterocycles. The van der Waals surface area contributed by atoms with Crippen molar-refractivity contribution in [2.45, 2.75) is 83.5 Å². The number of para-hydroxylation sites is 2. The molecule has 4 aliphatic rings. The molecule has 0 atom stereocenters. The van der Waals surface area contributed by atoms with Crippen LogP contribution in [0.1, 0.15) is 83.8 Å². The molecule has 11 nitrogen and oxygen atoms in total. The first-order valence-corrected chi connectivity index (χ1v) is 21.3. The Morgan fingerprint density at radius 3 is 2.46 bits per heavy atom. The molecule has 290 valence electrons. The zero-order chi connectivity index (χ0) is 38.5. The summed E-state index contributed by atoms with van der Waals surface area (Å²) in [5.74, 6) is 0.425. The van der Waals surface area contributed by atoms with E-state index in [9.17, 15) is 17.8 Å². The van der Waals surface area contributed by atoms with Gasteiger partial charge in [0.25, 0.3) is 10.1 Å².